The van der Waals surface area contributed by atoms with Gasteiger partial charge in [-0.15, -0.1) is 0 Å². The Morgan fingerprint density at radius 3 is 2.14 bits per heavy atom. The van der Waals surface area contributed by atoms with Crippen molar-refractivity contribution in [1.29, 1.82) is 0 Å². The summed E-state index contributed by atoms with van der Waals surface area (Å²) in [5.41, 5.74) is 2.96. The molecule has 0 spiro atoms. The Balaban J connectivity index is 1.14. The molecule has 2 aliphatic heterocycles. The topological polar surface area (TPSA) is 35.5 Å². The second kappa shape index (κ2) is 8.22. The van der Waals surface area contributed by atoms with Gasteiger partial charge in [0, 0.05) is 43.2 Å². The van der Waals surface area contributed by atoms with Crippen LogP contribution in [0.3, 0.4) is 0 Å². The molecule has 1 saturated carbocycles. The molecule has 2 atom stereocenters. The SMILES string of the molecule is OCC1(CNC2CC3CCC(C2)N3Cc2ccccc2)CC(c2ccccc2)C1. The number of benzene rings is 2. The average Bonchev–Trinajstić information content (AvgIpc) is 2.97. The standard InChI is InChI=1S/C26H34N2O/c29-19-26(15-22(16-26)21-9-5-2-6-10-21)18-27-23-13-24-11-12-25(14-23)28(24)17-20-7-3-1-4-8-20/h1-10,22-25,27,29H,11-19H2. The zero-order chi connectivity index (χ0) is 19.7. The molecule has 2 aromatic carbocycles. The Kier molecular flexibility index (Phi) is 5.47. The minimum atomic E-state index is 0.0841. The first-order chi connectivity index (χ1) is 14.2. The van der Waals surface area contributed by atoms with Crippen LogP contribution in [0.25, 0.3) is 0 Å². The molecule has 2 saturated heterocycles. The molecule has 154 valence electrons. The van der Waals surface area contributed by atoms with Crippen LogP contribution in [-0.4, -0.2) is 41.3 Å². The normalized spacial score (nSPS) is 34.1. The summed E-state index contributed by atoms with van der Waals surface area (Å²) in [6.45, 7) is 2.38. The summed E-state index contributed by atoms with van der Waals surface area (Å²) in [6, 6.07) is 23.8. The summed E-state index contributed by atoms with van der Waals surface area (Å²) in [7, 11) is 0. The van der Waals surface area contributed by atoms with Crippen molar-refractivity contribution < 1.29 is 5.11 Å². The van der Waals surface area contributed by atoms with Crippen molar-refractivity contribution in [2.75, 3.05) is 13.2 Å². The van der Waals surface area contributed by atoms with E-state index in [9.17, 15) is 5.11 Å². The van der Waals surface area contributed by atoms with E-state index in [0.717, 1.165) is 38.0 Å². The second-order valence-electron chi connectivity index (χ2n) is 9.77. The fourth-order valence-electron chi connectivity index (χ4n) is 6.13. The molecule has 2 N–H and O–H groups in total. The number of hydrogen-bond acceptors (Lipinski definition) is 3. The van der Waals surface area contributed by atoms with E-state index in [2.05, 4.69) is 70.9 Å². The van der Waals surface area contributed by atoms with Crippen LogP contribution in [-0.2, 0) is 6.54 Å². The van der Waals surface area contributed by atoms with Crippen LogP contribution < -0.4 is 5.32 Å². The molecule has 0 amide bonds. The lowest BCUT2D eigenvalue weighted by Crippen LogP contribution is -2.53. The van der Waals surface area contributed by atoms with E-state index in [-0.39, 0.29) is 5.41 Å². The maximum absolute atomic E-state index is 10.1. The van der Waals surface area contributed by atoms with Gasteiger partial charge in [0.15, 0.2) is 0 Å². The van der Waals surface area contributed by atoms with Gasteiger partial charge in [-0.1, -0.05) is 60.7 Å². The quantitative estimate of drug-likeness (QED) is 0.739. The van der Waals surface area contributed by atoms with Gasteiger partial charge < -0.3 is 10.4 Å². The van der Waals surface area contributed by atoms with Gasteiger partial charge in [-0.2, -0.15) is 0 Å². The van der Waals surface area contributed by atoms with Crippen molar-refractivity contribution in [2.45, 2.75) is 69.1 Å². The lowest BCUT2D eigenvalue weighted by Gasteiger charge is -2.48. The molecular formula is C26H34N2O. The highest BCUT2D eigenvalue weighted by molar-refractivity contribution is 5.24. The molecule has 29 heavy (non-hydrogen) atoms. The molecule has 2 bridgehead atoms. The van der Waals surface area contributed by atoms with E-state index in [1.54, 1.807) is 0 Å². The average molecular weight is 391 g/mol. The Bertz CT molecular complexity index is 773. The van der Waals surface area contributed by atoms with Crippen LogP contribution >= 0.6 is 0 Å². The third kappa shape index (κ3) is 4.01. The number of aliphatic hydroxyl groups is 1. The van der Waals surface area contributed by atoms with Crippen molar-refractivity contribution in [2.24, 2.45) is 5.41 Å². The van der Waals surface area contributed by atoms with Crippen LogP contribution in [0.4, 0.5) is 0 Å². The van der Waals surface area contributed by atoms with Gasteiger partial charge in [0.2, 0.25) is 0 Å². The van der Waals surface area contributed by atoms with Crippen LogP contribution in [0.15, 0.2) is 60.7 Å². The fourth-order valence-corrected chi connectivity index (χ4v) is 6.13. The third-order valence-corrected chi connectivity index (χ3v) is 7.82. The van der Waals surface area contributed by atoms with Gasteiger partial charge in [-0.05, 0) is 55.6 Å². The lowest BCUT2D eigenvalue weighted by molar-refractivity contribution is 0.0175. The highest BCUT2D eigenvalue weighted by Gasteiger charge is 2.45. The minimum Gasteiger partial charge on any atom is -0.396 e. The van der Waals surface area contributed by atoms with Crippen LogP contribution in [0.1, 0.15) is 55.6 Å². The van der Waals surface area contributed by atoms with Crippen molar-refractivity contribution in [1.82, 2.24) is 10.2 Å². The van der Waals surface area contributed by atoms with Gasteiger partial charge in [0.05, 0.1) is 0 Å². The Labute approximate surface area is 175 Å². The Morgan fingerprint density at radius 2 is 1.52 bits per heavy atom. The van der Waals surface area contributed by atoms with E-state index in [0.29, 0.717) is 18.6 Å². The fraction of sp³-hybridized carbons (Fsp3) is 0.538. The number of fused-ring (bicyclic) bond motifs is 2. The largest absolute Gasteiger partial charge is 0.396 e. The van der Waals surface area contributed by atoms with E-state index in [1.807, 2.05) is 0 Å². The summed E-state index contributed by atoms with van der Waals surface area (Å²) in [5.74, 6) is 0.619. The number of nitrogens with one attached hydrogen (secondary N) is 1. The number of nitrogens with zero attached hydrogens (tertiary/aromatic N) is 1. The van der Waals surface area contributed by atoms with Crippen LogP contribution in [0.2, 0.25) is 0 Å². The molecule has 2 aromatic rings. The Morgan fingerprint density at radius 1 is 0.897 bits per heavy atom. The molecule has 1 aliphatic carbocycles. The molecule has 0 aromatic heterocycles. The highest BCUT2D eigenvalue weighted by atomic mass is 16.3. The summed E-state index contributed by atoms with van der Waals surface area (Å²) in [5, 5.41) is 14.0. The smallest absolute Gasteiger partial charge is 0.0500 e. The lowest BCUT2D eigenvalue weighted by atomic mass is 9.60. The Hall–Kier alpha value is -1.68. The maximum atomic E-state index is 10.1. The third-order valence-electron chi connectivity index (χ3n) is 7.82. The number of aliphatic hydroxyl groups excluding tert-OH is 1. The monoisotopic (exact) mass is 390 g/mol. The highest BCUT2D eigenvalue weighted by Crippen LogP contribution is 2.50. The molecule has 2 unspecified atom stereocenters. The van der Waals surface area contributed by atoms with Crippen molar-refractivity contribution in [3.05, 3.63) is 71.8 Å². The van der Waals surface area contributed by atoms with Gasteiger partial charge in [-0.25, -0.2) is 0 Å². The van der Waals surface area contributed by atoms with E-state index >= 15 is 0 Å². The molecule has 3 fully saturated rings. The zero-order valence-electron chi connectivity index (χ0n) is 17.3. The summed E-state index contributed by atoms with van der Waals surface area (Å²) >= 11 is 0. The first-order valence-corrected chi connectivity index (χ1v) is 11.4. The number of hydrogen-bond donors (Lipinski definition) is 2. The summed E-state index contributed by atoms with van der Waals surface area (Å²) < 4.78 is 0. The molecule has 2 heterocycles. The van der Waals surface area contributed by atoms with Gasteiger partial charge >= 0.3 is 0 Å². The van der Waals surface area contributed by atoms with Crippen LogP contribution in [0, 0.1) is 5.41 Å². The number of piperidine rings is 1. The zero-order valence-corrected chi connectivity index (χ0v) is 17.3. The van der Waals surface area contributed by atoms with Crippen molar-refractivity contribution in [3.8, 4) is 0 Å². The van der Waals surface area contributed by atoms with Gasteiger partial charge in [-0.3, -0.25) is 4.90 Å². The first-order valence-electron chi connectivity index (χ1n) is 11.4. The van der Waals surface area contributed by atoms with E-state index in [1.165, 1.54) is 36.8 Å². The molecular weight excluding hydrogens is 356 g/mol. The second-order valence-corrected chi connectivity index (χ2v) is 9.77. The summed E-state index contributed by atoms with van der Waals surface area (Å²) in [6.07, 6.45) is 7.42. The number of rotatable bonds is 7. The van der Waals surface area contributed by atoms with E-state index < -0.39 is 0 Å². The van der Waals surface area contributed by atoms with Gasteiger partial charge in [0.1, 0.15) is 0 Å². The molecule has 5 rings (SSSR count). The molecule has 3 nitrogen and oxygen atoms in total. The molecule has 0 radical (unpaired) electrons. The molecule has 3 aliphatic rings. The predicted molar refractivity (Wildman–Crippen MR) is 118 cm³/mol. The first kappa shape index (κ1) is 19.3. The van der Waals surface area contributed by atoms with Crippen molar-refractivity contribution in [3.63, 3.8) is 0 Å². The summed E-state index contributed by atoms with van der Waals surface area (Å²) in [4.78, 5) is 2.75. The van der Waals surface area contributed by atoms with E-state index in [4.69, 9.17) is 0 Å². The molecule has 3 heteroatoms. The van der Waals surface area contributed by atoms with Crippen molar-refractivity contribution >= 4 is 0 Å². The van der Waals surface area contributed by atoms with Crippen LogP contribution in [0.5, 0.6) is 0 Å². The minimum absolute atomic E-state index is 0.0841. The predicted octanol–water partition coefficient (Wildman–Crippen LogP) is 4.33. The maximum Gasteiger partial charge on any atom is 0.0500 e. The van der Waals surface area contributed by atoms with Gasteiger partial charge in [0.25, 0.3) is 0 Å².